The highest BCUT2D eigenvalue weighted by molar-refractivity contribution is 5.76. The number of hydrogen-bond acceptors (Lipinski definition) is 2. The first-order chi connectivity index (χ1) is 7.57. The van der Waals surface area contributed by atoms with Crippen molar-refractivity contribution in [2.24, 2.45) is 11.7 Å². The lowest BCUT2D eigenvalue weighted by atomic mass is 9.94. The first-order valence-corrected chi connectivity index (χ1v) is 6.55. The molecule has 0 heterocycles. The van der Waals surface area contributed by atoms with Gasteiger partial charge in [-0.2, -0.15) is 0 Å². The highest BCUT2D eigenvalue weighted by Crippen LogP contribution is 2.16. The molecule has 3 nitrogen and oxygen atoms in total. The Bertz CT molecular complexity index is 181. The molecule has 16 heavy (non-hydrogen) atoms. The number of carbonyl (C=O) groups is 1. The number of nitrogens with two attached hydrogens (primary N) is 1. The highest BCUT2D eigenvalue weighted by Gasteiger charge is 2.16. The van der Waals surface area contributed by atoms with E-state index in [1.165, 1.54) is 32.1 Å². The maximum atomic E-state index is 11.1. The summed E-state index contributed by atoms with van der Waals surface area (Å²) >= 11 is 0. The van der Waals surface area contributed by atoms with Gasteiger partial charge in [0.1, 0.15) is 0 Å². The van der Waals surface area contributed by atoms with Crippen molar-refractivity contribution in [1.29, 1.82) is 0 Å². The van der Waals surface area contributed by atoms with E-state index in [0.29, 0.717) is 6.42 Å². The van der Waals surface area contributed by atoms with Crippen LogP contribution in [0.2, 0.25) is 0 Å². The summed E-state index contributed by atoms with van der Waals surface area (Å²) in [7, 11) is 0. The largest absolute Gasteiger partial charge is 0.393 e. The number of amides is 1. The molecule has 2 unspecified atom stereocenters. The molecule has 0 aromatic carbocycles. The molecule has 3 N–H and O–H groups in total. The van der Waals surface area contributed by atoms with Gasteiger partial charge in [-0.1, -0.05) is 45.4 Å². The fourth-order valence-corrected chi connectivity index (χ4v) is 1.96. The van der Waals surface area contributed by atoms with Crippen LogP contribution in [-0.4, -0.2) is 17.1 Å². The molecule has 0 aromatic rings. The fraction of sp³-hybridized carbons (Fsp3) is 0.923. The Labute approximate surface area is 99.4 Å². The molecule has 0 bridgehead atoms. The predicted octanol–water partition coefficient (Wildman–Crippen LogP) is 2.61. The summed E-state index contributed by atoms with van der Waals surface area (Å²) in [5.41, 5.74) is 5.30. The molecule has 0 aliphatic heterocycles. The van der Waals surface area contributed by atoms with E-state index in [2.05, 4.69) is 6.92 Å². The Morgan fingerprint density at radius 3 is 2.25 bits per heavy atom. The molecule has 0 aromatic heterocycles. The van der Waals surface area contributed by atoms with Crippen LogP contribution >= 0.6 is 0 Å². The Morgan fingerprint density at radius 1 is 1.19 bits per heavy atom. The van der Waals surface area contributed by atoms with E-state index < -0.39 is 6.10 Å². The minimum absolute atomic E-state index is 0.147. The van der Waals surface area contributed by atoms with Crippen molar-refractivity contribution in [1.82, 2.24) is 0 Å². The second kappa shape index (κ2) is 9.64. The second-order valence-electron chi connectivity index (χ2n) is 4.74. The average molecular weight is 229 g/mol. The summed E-state index contributed by atoms with van der Waals surface area (Å²) in [5.74, 6) is -0.416. The number of hydrogen-bond donors (Lipinski definition) is 2. The molecule has 96 valence electrons. The molecule has 2 atom stereocenters. The first kappa shape index (κ1) is 15.4. The second-order valence-corrected chi connectivity index (χ2v) is 4.74. The van der Waals surface area contributed by atoms with Gasteiger partial charge in [-0.25, -0.2) is 0 Å². The normalized spacial score (nSPS) is 14.7. The quantitative estimate of drug-likeness (QED) is 0.566. The predicted molar refractivity (Wildman–Crippen MR) is 67.0 cm³/mol. The monoisotopic (exact) mass is 229 g/mol. The molecular formula is C13H27NO2. The molecule has 0 saturated carbocycles. The Hall–Kier alpha value is -0.570. The molecule has 0 aliphatic carbocycles. The maximum Gasteiger partial charge on any atom is 0.220 e. The zero-order valence-corrected chi connectivity index (χ0v) is 10.7. The lowest BCUT2D eigenvalue weighted by Crippen LogP contribution is -2.26. The summed E-state index contributed by atoms with van der Waals surface area (Å²) in [6.07, 6.45) is 8.20. The van der Waals surface area contributed by atoms with Crippen LogP contribution in [0.4, 0.5) is 0 Å². The molecule has 0 fully saturated rings. The number of aliphatic hydroxyl groups is 1. The van der Waals surface area contributed by atoms with E-state index in [-0.39, 0.29) is 11.8 Å². The molecule has 0 rings (SSSR count). The van der Waals surface area contributed by atoms with Crippen LogP contribution in [0.1, 0.15) is 65.2 Å². The number of primary amides is 1. The standard InChI is InChI=1S/C13H27NO2/c1-3-4-5-6-7-8-9-12(13(14)16)10-11(2)15/h11-12,15H,3-10H2,1-2H3,(H2,14,16). The van der Waals surface area contributed by atoms with E-state index in [4.69, 9.17) is 5.73 Å². The van der Waals surface area contributed by atoms with Crippen LogP contribution in [0.25, 0.3) is 0 Å². The van der Waals surface area contributed by atoms with Gasteiger partial charge in [-0.3, -0.25) is 4.79 Å². The molecule has 0 aliphatic rings. The third-order valence-electron chi connectivity index (χ3n) is 2.93. The summed E-state index contributed by atoms with van der Waals surface area (Å²) in [6, 6.07) is 0. The van der Waals surface area contributed by atoms with Gasteiger partial charge in [0.15, 0.2) is 0 Å². The van der Waals surface area contributed by atoms with E-state index in [9.17, 15) is 9.90 Å². The summed E-state index contributed by atoms with van der Waals surface area (Å²) in [6.45, 7) is 3.91. The first-order valence-electron chi connectivity index (χ1n) is 6.55. The number of carbonyl (C=O) groups excluding carboxylic acids is 1. The smallest absolute Gasteiger partial charge is 0.220 e. The summed E-state index contributed by atoms with van der Waals surface area (Å²) in [5, 5.41) is 9.24. The summed E-state index contributed by atoms with van der Waals surface area (Å²) < 4.78 is 0. The van der Waals surface area contributed by atoms with Crippen molar-refractivity contribution in [3.8, 4) is 0 Å². The SMILES string of the molecule is CCCCCCCCC(CC(C)O)C(N)=O. The topological polar surface area (TPSA) is 63.3 Å². The van der Waals surface area contributed by atoms with E-state index in [1.54, 1.807) is 6.92 Å². The lowest BCUT2D eigenvalue weighted by molar-refractivity contribution is -0.123. The average Bonchev–Trinajstić information content (AvgIpc) is 2.20. The van der Waals surface area contributed by atoms with E-state index >= 15 is 0 Å². The molecule has 0 spiro atoms. The molecule has 1 amide bonds. The van der Waals surface area contributed by atoms with Gasteiger partial charge in [0.25, 0.3) is 0 Å². The van der Waals surface area contributed by atoms with E-state index in [1.807, 2.05) is 0 Å². The van der Waals surface area contributed by atoms with Crippen molar-refractivity contribution in [2.75, 3.05) is 0 Å². The van der Waals surface area contributed by atoms with Crippen molar-refractivity contribution in [3.05, 3.63) is 0 Å². The Kier molecular flexibility index (Phi) is 9.30. The van der Waals surface area contributed by atoms with Crippen LogP contribution in [0.3, 0.4) is 0 Å². The molecular weight excluding hydrogens is 202 g/mol. The van der Waals surface area contributed by atoms with Crippen molar-refractivity contribution in [3.63, 3.8) is 0 Å². The van der Waals surface area contributed by atoms with Gasteiger partial charge in [0.05, 0.1) is 6.10 Å². The number of aliphatic hydroxyl groups excluding tert-OH is 1. The third-order valence-corrected chi connectivity index (χ3v) is 2.93. The van der Waals surface area contributed by atoms with E-state index in [0.717, 1.165) is 12.8 Å². The van der Waals surface area contributed by atoms with Crippen molar-refractivity contribution in [2.45, 2.75) is 71.3 Å². The molecule has 3 heteroatoms. The van der Waals surface area contributed by atoms with Gasteiger partial charge in [0.2, 0.25) is 5.91 Å². The Morgan fingerprint density at radius 2 is 1.75 bits per heavy atom. The van der Waals surface area contributed by atoms with Gasteiger partial charge in [-0.15, -0.1) is 0 Å². The summed E-state index contributed by atoms with van der Waals surface area (Å²) in [4.78, 5) is 11.1. The fourth-order valence-electron chi connectivity index (χ4n) is 1.96. The highest BCUT2D eigenvalue weighted by atomic mass is 16.3. The maximum absolute atomic E-state index is 11.1. The minimum Gasteiger partial charge on any atom is -0.393 e. The van der Waals surface area contributed by atoms with Crippen LogP contribution < -0.4 is 5.73 Å². The van der Waals surface area contributed by atoms with Gasteiger partial charge >= 0.3 is 0 Å². The zero-order chi connectivity index (χ0) is 12.4. The Balaban J connectivity index is 3.57. The molecule has 0 radical (unpaired) electrons. The van der Waals surface area contributed by atoms with Crippen molar-refractivity contribution < 1.29 is 9.90 Å². The van der Waals surface area contributed by atoms with Gasteiger partial charge in [0, 0.05) is 5.92 Å². The lowest BCUT2D eigenvalue weighted by Gasteiger charge is -2.14. The zero-order valence-electron chi connectivity index (χ0n) is 10.7. The van der Waals surface area contributed by atoms with Crippen LogP contribution in [0.15, 0.2) is 0 Å². The van der Waals surface area contributed by atoms with Gasteiger partial charge < -0.3 is 10.8 Å². The van der Waals surface area contributed by atoms with Crippen LogP contribution in [0.5, 0.6) is 0 Å². The van der Waals surface area contributed by atoms with Gasteiger partial charge in [-0.05, 0) is 19.8 Å². The third kappa shape index (κ3) is 8.72. The van der Waals surface area contributed by atoms with Crippen molar-refractivity contribution >= 4 is 5.91 Å². The van der Waals surface area contributed by atoms with Crippen LogP contribution in [-0.2, 0) is 4.79 Å². The molecule has 0 saturated heterocycles. The minimum atomic E-state index is -0.433. The number of unbranched alkanes of at least 4 members (excludes halogenated alkanes) is 5. The van der Waals surface area contributed by atoms with Crippen LogP contribution in [0, 0.1) is 5.92 Å². The number of rotatable bonds is 10.